The van der Waals surface area contributed by atoms with Crippen molar-refractivity contribution in [3.05, 3.63) is 58.1 Å². The van der Waals surface area contributed by atoms with Crippen LogP contribution in [0, 0.1) is 10.1 Å². The van der Waals surface area contributed by atoms with Gasteiger partial charge in [-0.2, -0.15) is 0 Å². The fraction of sp³-hybridized carbons (Fsp3) is 0.333. The average molecular weight is 256 g/mol. The van der Waals surface area contributed by atoms with Gasteiger partial charge in [0.2, 0.25) is 0 Å². The first kappa shape index (κ1) is 11.6. The number of aromatic nitrogens is 2. The molecule has 1 heterocycles. The molecule has 1 aliphatic carbocycles. The summed E-state index contributed by atoms with van der Waals surface area (Å²) in [7, 11) is 0. The molecule has 0 aliphatic heterocycles. The van der Waals surface area contributed by atoms with Crippen molar-refractivity contribution in [3.63, 3.8) is 0 Å². The zero-order chi connectivity index (χ0) is 12.8. The Kier molecular flexibility index (Phi) is 2.59. The number of rotatable bonds is 1. The van der Waals surface area contributed by atoms with Crippen molar-refractivity contribution in [1.29, 1.82) is 0 Å². The van der Waals surface area contributed by atoms with Crippen LogP contribution in [0.25, 0.3) is 0 Å². The molecule has 0 saturated carbocycles. The van der Waals surface area contributed by atoms with Crippen LogP contribution in [0.4, 0.5) is 0 Å². The molecule has 0 radical (unpaired) electrons. The summed E-state index contributed by atoms with van der Waals surface area (Å²) in [5, 5.41) is 0. The molecular formula is C15H16N2S. The lowest BCUT2D eigenvalue weighted by atomic mass is 9.76. The summed E-state index contributed by atoms with van der Waals surface area (Å²) in [6, 6.07) is 8.66. The van der Waals surface area contributed by atoms with Crippen LogP contribution >= 0.6 is 12.2 Å². The van der Waals surface area contributed by atoms with E-state index in [0.29, 0.717) is 5.92 Å². The van der Waals surface area contributed by atoms with Gasteiger partial charge in [0.15, 0.2) is 0 Å². The Morgan fingerprint density at radius 3 is 2.83 bits per heavy atom. The van der Waals surface area contributed by atoms with Gasteiger partial charge in [0.05, 0.1) is 6.33 Å². The van der Waals surface area contributed by atoms with E-state index in [1.54, 1.807) is 6.33 Å². The van der Waals surface area contributed by atoms with E-state index in [-0.39, 0.29) is 5.41 Å². The summed E-state index contributed by atoms with van der Waals surface area (Å²) in [6.45, 7) is 4.61. The van der Waals surface area contributed by atoms with Crippen LogP contribution in [-0.2, 0) is 6.42 Å². The van der Waals surface area contributed by atoms with Gasteiger partial charge in [-0.3, -0.25) is 0 Å². The maximum atomic E-state index is 5.42. The topological polar surface area (TPSA) is 28.7 Å². The van der Waals surface area contributed by atoms with E-state index >= 15 is 0 Å². The van der Waals surface area contributed by atoms with Gasteiger partial charge in [0, 0.05) is 17.7 Å². The Labute approximate surface area is 112 Å². The fourth-order valence-corrected chi connectivity index (χ4v) is 3.36. The van der Waals surface area contributed by atoms with Gasteiger partial charge in [-0.25, -0.2) is 4.98 Å². The largest absolute Gasteiger partial charge is 0.337 e. The Bertz CT molecular complexity index is 643. The van der Waals surface area contributed by atoms with Crippen molar-refractivity contribution >= 4 is 12.2 Å². The number of aromatic amines is 1. The van der Waals surface area contributed by atoms with Crippen molar-refractivity contribution in [2.24, 2.45) is 5.41 Å². The van der Waals surface area contributed by atoms with Crippen LogP contribution in [0.2, 0.25) is 0 Å². The van der Waals surface area contributed by atoms with E-state index in [9.17, 15) is 0 Å². The molecule has 1 atom stereocenters. The number of hydrogen-bond acceptors (Lipinski definition) is 2. The van der Waals surface area contributed by atoms with Crippen LogP contribution < -0.4 is 0 Å². The van der Waals surface area contributed by atoms with Gasteiger partial charge in [0.1, 0.15) is 4.64 Å². The summed E-state index contributed by atoms with van der Waals surface area (Å²) in [6.07, 6.45) is 4.66. The first-order valence-electron chi connectivity index (χ1n) is 6.20. The maximum absolute atomic E-state index is 5.42. The fourth-order valence-electron chi connectivity index (χ4n) is 3.14. The highest BCUT2D eigenvalue weighted by molar-refractivity contribution is 7.71. The first-order valence-corrected chi connectivity index (χ1v) is 6.61. The van der Waals surface area contributed by atoms with Crippen LogP contribution in [0.1, 0.15) is 36.5 Å². The Morgan fingerprint density at radius 1 is 1.28 bits per heavy atom. The minimum Gasteiger partial charge on any atom is -0.337 e. The quantitative estimate of drug-likeness (QED) is 0.785. The SMILES string of the molecule is CC1(C)Cc2ccccc2C1c1cnc[nH]c1=S. The van der Waals surface area contributed by atoms with Gasteiger partial charge in [0.25, 0.3) is 0 Å². The molecule has 2 aromatic rings. The van der Waals surface area contributed by atoms with Gasteiger partial charge >= 0.3 is 0 Å². The molecule has 3 heteroatoms. The lowest BCUT2D eigenvalue weighted by Crippen LogP contribution is -2.19. The second kappa shape index (κ2) is 4.02. The van der Waals surface area contributed by atoms with E-state index in [4.69, 9.17) is 12.2 Å². The average Bonchev–Trinajstić information content (AvgIpc) is 2.60. The molecule has 92 valence electrons. The molecule has 0 saturated heterocycles. The molecule has 0 spiro atoms. The van der Waals surface area contributed by atoms with E-state index < -0.39 is 0 Å². The lowest BCUT2D eigenvalue weighted by molar-refractivity contribution is 0.345. The molecule has 0 fully saturated rings. The summed E-state index contributed by atoms with van der Waals surface area (Å²) in [4.78, 5) is 7.26. The molecule has 1 aromatic heterocycles. The molecule has 1 aromatic carbocycles. The molecule has 18 heavy (non-hydrogen) atoms. The zero-order valence-corrected chi connectivity index (χ0v) is 11.4. The predicted molar refractivity (Wildman–Crippen MR) is 75.2 cm³/mol. The minimum atomic E-state index is 0.189. The molecule has 1 unspecified atom stereocenters. The number of H-pyrrole nitrogens is 1. The van der Waals surface area contributed by atoms with E-state index in [2.05, 4.69) is 48.1 Å². The lowest BCUT2D eigenvalue weighted by Gasteiger charge is -2.27. The second-order valence-corrected chi connectivity index (χ2v) is 6.04. The molecule has 3 rings (SSSR count). The van der Waals surface area contributed by atoms with Crippen LogP contribution in [0.3, 0.4) is 0 Å². The van der Waals surface area contributed by atoms with Crippen molar-refractivity contribution < 1.29 is 0 Å². The number of hydrogen-bond donors (Lipinski definition) is 1. The number of fused-ring (bicyclic) bond motifs is 1. The maximum Gasteiger partial charge on any atom is 0.109 e. The van der Waals surface area contributed by atoms with Crippen LogP contribution in [0.5, 0.6) is 0 Å². The predicted octanol–water partition coefficient (Wildman–Crippen LogP) is 3.85. The molecule has 1 aliphatic rings. The molecule has 0 bridgehead atoms. The van der Waals surface area contributed by atoms with E-state index in [0.717, 1.165) is 16.6 Å². The van der Waals surface area contributed by atoms with Gasteiger partial charge in [-0.1, -0.05) is 50.3 Å². The van der Waals surface area contributed by atoms with E-state index in [1.165, 1.54) is 11.1 Å². The number of benzene rings is 1. The second-order valence-electron chi connectivity index (χ2n) is 5.63. The highest BCUT2D eigenvalue weighted by Crippen LogP contribution is 2.50. The number of nitrogens with one attached hydrogen (secondary N) is 1. The van der Waals surface area contributed by atoms with Crippen LogP contribution in [0.15, 0.2) is 36.8 Å². The standard InChI is InChI=1S/C15H16N2S/c1-15(2)7-10-5-3-4-6-11(10)13(15)12-8-16-9-17-14(12)18/h3-6,8-9,13H,7H2,1-2H3,(H,16,17,18). The smallest absolute Gasteiger partial charge is 0.109 e. The van der Waals surface area contributed by atoms with Crippen molar-refractivity contribution in [1.82, 2.24) is 9.97 Å². The number of nitrogens with zero attached hydrogens (tertiary/aromatic N) is 1. The van der Waals surface area contributed by atoms with Crippen molar-refractivity contribution in [2.75, 3.05) is 0 Å². The minimum absolute atomic E-state index is 0.189. The monoisotopic (exact) mass is 256 g/mol. The van der Waals surface area contributed by atoms with E-state index in [1.807, 2.05) is 6.20 Å². The Hall–Kier alpha value is -1.48. The summed E-state index contributed by atoms with van der Waals surface area (Å²) < 4.78 is 0.805. The molecule has 2 nitrogen and oxygen atoms in total. The van der Waals surface area contributed by atoms with Gasteiger partial charge in [-0.15, -0.1) is 0 Å². The highest BCUT2D eigenvalue weighted by Gasteiger charge is 2.40. The van der Waals surface area contributed by atoms with Gasteiger partial charge < -0.3 is 4.98 Å². The van der Waals surface area contributed by atoms with Gasteiger partial charge in [-0.05, 0) is 23.0 Å². The van der Waals surface area contributed by atoms with Crippen molar-refractivity contribution in [3.8, 4) is 0 Å². The zero-order valence-electron chi connectivity index (χ0n) is 10.6. The normalized spacial score (nSPS) is 20.7. The molecular weight excluding hydrogens is 240 g/mol. The van der Waals surface area contributed by atoms with Crippen LogP contribution in [-0.4, -0.2) is 9.97 Å². The third-order valence-electron chi connectivity index (χ3n) is 3.85. The summed E-state index contributed by atoms with van der Waals surface area (Å²) in [5.41, 5.74) is 4.16. The first-order chi connectivity index (χ1) is 8.59. The molecule has 0 amide bonds. The summed E-state index contributed by atoms with van der Waals surface area (Å²) in [5.74, 6) is 0.339. The summed E-state index contributed by atoms with van der Waals surface area (Å²) >= 11 is 5.42. The molecule has 1 N–H and O–H groups in total. The highest BCUT2D eigenvalue weighted by atomic mass is 32.1. The third kappa shape index (κ3) is 1.70. The third-order valence-corrected chi connectivity index (χ3v) is 4.20. The van der Waals surface area contributed by atoms with Crippen molar-refractivity contribution in [2.45, 2.75) is 26.2 Å². The Balaban J connectivity index is 2.22. The Morgan fingerprint density at radius 2 is 2.06 bits per heavy atom.